The number of benzene rings is 1. The molecule has 1 aliphatic carbocycles. The maximum absolute atomic E-state index is 13.6. The van der Waals surface area contributed by atoms with E-state index in [4.69, 9.17) is 0 Å². The lowest BCUT2D eigenvalue weighted by Crippen LogP contribution is -2.05. The maximum Gasteiger partial charge on any atom is 0.173 e. The normalized spacial score (nSPS) is 14.8. The minimum Gasteiger partial charge on any atom is -0.315 e. The van der Waals surface area contributed by atoms with Gasteiger partial charge in [0.15, 0.2) is 11.6 Å². The number of halogens is 3. The molecule has 2 aromatic rings. The first-order valence-electron chi connectivity index (χ1n) is 6.40. The van der Waals surface area contributed by atoms with Gasteiger partial charge in [-0.25, -0.2) is 13.8 Å². The summed E-state index contributed by atoms with van der Waals surface area (Å²) in [5.74, 6) is -1.18. The fraction of sp³-hybridized carbons (Fsp3) is 0.357. The highest BCUT2D eigenvalue weighted by molar-refractivity contribution is 9.10. The van der Waals surface area contributed by atoms with Gasteiger partial charge in [0.2, 0.25) is 0 Å². The predicted molar refractivity (Wildman–Crippen MR) is 79.9 cm³/mol. The minimum atomic E-state index is -0.860. The van der Waals surface area contributed by atoms with E-state index in [1.165, 1.54) is 17.7 Å². The summed E-state index contributed by atoms with van der Waals surface area (Å²) in [5.41, 5.74) is 1.72. The molecule has 0 amide bonds. The van der Waals surface area contributed by atoms with E-state index in [-0.39, 0.29) is 4.47 Å². The van der Waals surface area contributed by atoms with Crippen LogP contribution >= 0.6 is 27.3 Å². The van der Waals surface area contributed by atoms with Crippen molar-refractivity contribution in [3.05, 3.63) is 38.8 Å². The molecular formula is C14H13BrF2N2S. The lowest BCUT2D eigenvalue weighted by molar-refractivity contribution is 0.505. The molecule has 1 saturated carbocycles. The molecule has 106 valence electrons. The third-order valence-corrected chi connectivity index (χ3v) is 5.17. The molecule has 2 nitrogen and oxygen atoms in total. The van der Waals surface area contributed by atoms with E-state index >= 15 is 0 Å². The fourth-order valence-electron chi connectivity index (χ4n) is 2.13. The van der Waals surface area contributed by atoms with Crippen LogP contribution in [-0.4, -0.2) is 12.0 Å². The van der Waals surface area contributed by atoms with Crippen LogP contribution in [0.15, 0.2) is 16.6 Å². The second kappa shape index (κ2) is 5.50. The van der Waals surface area contributed by atoms with Crippen LogP contribution in [0.5, 0.6) is 0 Å². The Labute approximate surface area is 128 Å². The summed E-state index contributed by atoms with van der Waals surface area (Å²) in [4.78, 5) is 5.83. The second-order valence-corrected chi connectivity index (χ2v) is 6.73. The number of hydrogen-bond donors (Lipinski definition) is 1. The van der Waals surface area contributed by atoms with Gasteiger partial charge in [0.05, 0.1) is 10.2 Å². The Bertz CT molecular complexity index is 653. The third kappa shape index (κ3) is 2.52. The lowest BCUT2D eigenvalue weighted by atomic mass is 10.2. The number of rotatable bonds is 4. The van der Waals surface area contributed by atoms with Gasteiger partial charge in [-0.3, -0.25) is 0 Å². The van der Waals surface area contributed by atoms with Crippen LogP contribution in [0.4, 0.5) is 8.78 Å². The Morgan fingerprint density at radius 2 is 2.15 bits per heavy atom. The van der Waals surface area contributed by atoms with Crippen LogP contribution in [0.2, 0.25) is 0 Å². The predicted octanol–water partition coefficient (Wildman–Crippen LogP) is 4.45. The van der Waals surface area contributed by atoms with Crippen LogP contribution < -0.4 is 5.32 Å². The molecule has 0 aliphatic heterocycles. The molecule has 3 rings (SSSR count). The van der Waals surface area contributed by atoms with Crippen molar-refractivity contribution >= 4 is 27.3 Å². The van der Waals surface area contributed by atoms with Crippen LogP contribution in [0, 0.1) is 11.6 Å². The number of nitrogens with zero attached hydrogens (tertiary/aromatic N) is 1. The van der Waals surface area contributed by atoms with Gasteiger partial charge in [-0.2, -0.15) is 0 Å². The lowest BCUT2D eigenvalue weighted by Gasteiger charge is -2.02. The number of nitrogens with one attached hydrogen (secondary N) is 1. The summed E-state index contributed by atoms with van der Waals surface area (Å²) in [6.07, 6.45) is 2.33. The maximum atomic E-state index is 13.6. The summed E-state index contributed by atoms with van der Waals surface area (Å²) < 4.78 is 27.0. The Balaban J connectivity index is 2.06. The molecule has 6 heteroatoms. The van der Waals surface area contributed by atoms with Crippen LogP contribution in [0.25, 0.3) is 10.6 Å². The highest BCUT2D eigenvalue weighted by atomic mass is 79.9. The van der Waals surface area contributed by atoms with Gasteiger partial charge in [-0.05, 0) is 48.0 Å². The first-order chi connectivity index (χ1) is 9.61. The van der Waals surface area contributed by atoms with Crippen LogP contribution in [0.1, 0.15) is 29.3 Å². The van der Waals surface area contributed by atoms with Crippen molar-refractivity contribution in [3.8, 4) is 10.6 Å². The highest BCUT2D eigenvalue weighted by Gasteiger charge is 2.30. The van der Waals surface area contributed by atoms with Crippen LogP contribution in [-0.2, 0) is 6.54 Å². The number of thiazole rings is 1. The molecule has 1 heterocycles. The van der Waals surface area contributed by atoms with Crippen molar-refractivity contribution in [1.82, 2.24) is 10.3 Å². The molecule has 0 radical (unpaired) electrons. The number of hydrogen-bond acceptors (Lipinski definition) is 3. The Morgan fingerprint density at radius 1 is 1.40 bits per heavy atom. The van der Waals surface area contributed by atoms with Crippen molar-refractivity contribution in [2.24, 2.45) is 0 Å². The third-order valence-electron chi connectivity index (χ3n) is 3.29. The molecule has 0 bridgehead atoms. The fourth-order valence-corrected chi connectivity index (χ4v) is 3.96. The molecule has 0 atom stereocenters. The van der Waals surface area contributed by atoms with E-state index in [0.29, 0.717) is 11.5 Å². The molecule has 20 heavy (non-hydrogen) atoms. The van der Waals surface area contributed by atoms with E-state index in [0.717, 1.165) is 23.3 Å². The Morgan fingerprint density at radius 3 is 2.80 bits per heavy atom. The molecule has 1 fully saturated rings. The summed E-state index contributed by atoms with van der Waals surface area (Å²) in [7, 11) is 1.89. The zero-order chi connectivity index (χ0) is 14.3. The van der Waals surface area contributed by atoms with Gasteiger partial charge in [0, 0.05) is 22.9 Å². The highest BCUT2D eigenvalue weighted by Crippen LogP contribution is 2.45. The molecule has 0 saturated heterocycles. The van der Waals surface area contributed by atoms with Gasteiger partial charge in [0.1, 0.15) is 5.01 Å². The first-order valence-corrected chi connectivity index (χ1v) is 8.00. The monoisotopic (exact) mass is 358 g/mol. The minimum absolute atomic E-state index is 0.143. The summed E-state index contributed by atoms with van der Waals surface area (Å²) in [6.45, 7) is 0.755. The van der Waals surface area contributed by atoms with Gasteiger partial charge in [-0.1, -0.05) is 0 Å². The topological polar surface area (TPSA) is 24.9 Å². The molecule has 0 unspecified atom stereocenters. The molecular weight excluding hydrogens is 346 g/mol. The van der Waals surface area contributed by atoms with Crippen molar-refractivity contribution in [2.75, 3.05) is 7.05 Å². The van der Waals surface area contributed by atoms with Gasteiger partial charge >= 0.3 is 0 Å². The van der Waals surface area contributed by atoms with E-state index in [9.17, 15) is 8.78 Å². The Kier molecular flexibility index (Phi) is 3.88. The van der Waals surface area contributed by atoms with E-state index in [2.05, 4.69) is 26.2 Å². The first kappa shape index (κ1) is 14.1. The molecule has 1 aromatic heterocycles. The summed E-state index contributed by atoms with van der Waals surface area (Å²) in [6, 6.07) is 2.71. The number of aromatic nitrogens is 1. The van der Waals surface area contributed by atoms with Crippen molar-refractivity contribution in [3.63, 3.8) is 0 Å². The SMILES string of the molecule is CNCc1sc(-c2ccc(F)c(F)c2Br)nc1C1CC1. The average molecular weight is 359 g/mol. The zero-order valence-corrected chi connectivity index (χ0v) is 13.2. The molecule has 1 aliphatic rings. The summed E-state index contributed by atoms with van der Waals surface area (Å²) >= 11 is 4.67. The van der Waals surface area contributed by atoms with Crippen molar-refractivity contribution in [1.29, 1.82) is 0 Å². The summed E-state index contributed by atoms with van der Waals surface area (Å²) in [5, 5.41) is 3.87. The van der Waals surface area contributed by atoms with Crippen molar-refractivity contribution in [2.45, 2.75) is 25.3 Å². The quantitative estimate of drug-likeness (QED) is 0.816. The molecule has 1 aromatic carbocycles. The zero-order valence-electron chi connectivity index (χ0n) is 10.8. The van der Waals surface area contributed by atoms with Crippen LogP contribution in [0.3, 0.4) is 0 Å². The smallest absolute Gasteiger partial charge is 0.173 e. The van der Waals surface area contributed by atoms with Crippen molar-refractivity contribution < 1.29 is 8.78 Å². The molecule has 1 N–H and O–H groups in total. The largest absolute Gasteiger partial charge is 0.315 e. The second-order valence-electron chi connectivity index (χ2n) is 4.85. The van der Waals surface area contributed by atoms with E-state index < -0.39 is 11.6 Å². The van der Waals surface area contributed by atoms with E-state index in [1.807, 2.05) is 7.05 Å². The average Bonchev–Trinajstić information content (AvgIpc) is 3.19. The van der Waals surface area contributed by atoms with Gasteiger partial charge in [0.25, 0.3) is 0 Å². The Hall–Kier alpha value is -0.850. The standard InChI is InChI=1S/C14H13BrF2N2S/c1-18-6-10-13(7-2-3-7)19-14(20-10)8-4-5-9(16)12(17)11(8)15/h4-5,7,18H,2-3,6H2,1H3. The molecule has 0 spiro atoms. The van der Waals surface area contributed by atoms with E-state index in [1.54, 1.807) is 17.4 Å². The van der Waals surface area contributed by atoms with Gasteiger partial charge in [-0.15, -0.1) is 11.3 Å². The van der Waals surface area contributed by atoms with Gasteiger partial charge < -0.3 is 5.32 Å².